The number of nitrogens with one attached hydrogen (secondary N) is 1. The van der Waals surface area contributed by atoms with Crippen LogP contribution in [-0.2, 0) is 16.4 Å². The second-order valence-electron chi connectivity index (χ2n) is 6.22. The summed E-state index contributed by atoms with van der Waals surface area (Å²) in [5.74, 6) is -0.0165. The molecule has 6 nitrogen and oxygen atoms in total. The van der Waals surface area contributed by atoms with Gasteiger partial charge in [-0.1, -0.05) is 0 Å². The Balaban J connectivity index is 2.00. The summed E-state index contributed by atoms with van der Waals surface area (Å²) in [5, 5.41) is 3.04. The van der Waals surface area contributed by atoms with Crippen molar-refractivity contribution in [1.29, 1.82) is 0 Å². The van der Waals surface area contributed by atoms with Crippen molar-refractivity contribution in [2.24, 2.45) is 0 Å². The number of alkyl halides is 2. The van der Waals surface area contributed by atoms with E-state index < -0.39 is 21.2 Å². The van der Waals surface area contributed by atoms with E-state index in [9.17, 15) is 17.2 Å². The van der Waals surface area contributed by atoms with E-state index in [1.807, 2.05) is 0 Å². The number of anilines is 1. The maximum Gasteiger partial charge on any atom is 0.387 e. The van der Waals surface area contributed by atoms with Crippen molar-refractivity contribution in [3.8, 4) is 5.75 Å². The molecule has 25 heavy (non-hydrogen) atoms. The van der Waals surface area contributed by atoms with Crippen LogP contribution in [0.3, 0.4) is 0 Å². The van der Waals surface area contributed by atoms with E-state index in [0.29, 0.717) is 17.9 Å². The van der Waals surface area contributed by atoms with Gasteiger partial charge in [-0.3, -0.25) is 4.98 Å². The zero-order valence-electron chi connectivity index (χ0n) is 14.0. The summed E-state index contributed by atoms with van der Waals surface area (Å²) < 4.78 is 52.0. The Kier molecular flexibility index (Phi) is 5.56. The molecule has 0 atom stereocenters. The maximum atomic E-state index is 12.3. The van der Waals surface area contributed by atoms with Crippen LogP contribution in [0.4, 0.5) is 14.5 Å². The summed E-state index contributed by atoms with van der Waals surface area (Å²) in [6.07, 6.45) is 2.63. The fourth-order valence-electron chi connectivity index (χ4n) is 1.84. The van der Waals surface area contributed by atoms with Crippen LogP contribution in [-0.4, -0.2) is 29.7 Å². The monoisotopic (exact) mass is 371 g/mol. The van der Waals surface area contributed by atoms with E-state index >= 15 is 0 Å². The second-order valence-corrected chi connectivity index (χ2v) is 8.87. The largest absolute Gasteiger partial charge is 0.433 e. The molecule has 0 amide bonds. The van der Waals surface area contributed by atoms with Gasteiger partial charge in [0.2, 0.25) is 0 Å². The Bertz CT molecular complexity index is 802. The van der Waals surface area contributed by atoms with E-state index in [1.165, 1.54) is 24.5 Å². The highest BCUT2D eigenvalue weighted by atomic mass is 32.2. The topological polar surface area (TPSA) is 81.2 Å². The first-order valence-electron chi connectivity index (χ1n) is 7.44. The van der Waals surface area contributed by atoms with Crippen molar-refractivity contribution in [2.45, 2.75) is 43.7 Å². The molecule has 136 valence electrons. The predicted octanol–water partition coefficient (Wildman–Crippen LogP) is 3.26. The van der Waals surface area contributed by atoms with E-state index in [-0.39, 0.29) is 10.8 Å². The zero-order chi connectivity index (χ0) is 18.7. The van der Waals surface area contributed by atoms with Gasteiger partial charge in [-0.25, -0.2) is 13.4 Å². The number of sulfone groups is 1. The number of rotatable bonds is 6. The number of aromatic nitrogens is 2. The molecule has 0 saturated carbocycles. The summed E-state index contributed by atoms with van der Waals surface area (Å²) in [4.78, 5) is 8.00. The number of hydrogen-bond donors (Lipinski definition) is 1. The molecule has 2 aromatic heterocycles. The Hall–Kier alpha value is -2.29. The van der Waals surface area contributed by atoms with Crippen molar-refractivity contribution in [1.82, 2.24) is 9.97 Å². The van der Waals surface area contributed by atoms with Gasteiger partial charge < -0.3 is 10.1 Å². The van der Waals surface area contributed by atoms with Gasteiger partial charge in [-0.15, -0.1) is 0 Å². The van der Waals surface area contributed by atoms with Crippen LogP contribution >= 0.6 is 0 Å². The van der Waals surface area contributed by atoms with Crippen LogP contribution in [0.15, 0.2) is 41.7 Å². The lowest BCUT2D eigenvalue weighted by molar-refractivity contribution is -0.0500. The first kappa shape index (κ1) is 19.0. The van der Waals surface area contributed by atoms with Crippen LogP contribution in [0.1, 0.15) is 26.5 Å². The van der Waals surface area contributed by atoms with Crippen molar-refractivity contribution >= 4 is 15.5 Å². The van der Waals surface area contributed by atoms with Crippen LogP contribution in [0.5, 0.6) is 5.75 Å². The van der Waals surface area contributed by atoms with Crippen LogP contribution in [0.2, 0.25) is 0 Å². The second kappa shape index (κ2) is 7.30. The zero-order valence-corrected chi connectivity index (χ0v) is 14.8. The number of pyridine rings is 2. The first-order valence-corrected chi connectivity index (χ1v) is 8.92. The average molecular weight is 371 g/mol. The van der Waals surface area contributed by atoms with Crippen molar-refractivity contribution < 1.29 is 21.9 Å². The van der Waals surface area contributed by atoms with Gasteiger partial charge in [0.15, 0.2) is 14.9 Å². The molecular formula is C16H19F2N3O3S. The molecule has 1 N–H and O–H groups in total. The molecule has 0 saturated heterocycles. The maximum absolute atomic E-state index is 12.3. The molecule has 2 rings (SSSR count). The molecule has 2 aromatic rings. The normalized spacial score (nSPS) is 12.2. The summed E-state index contributed by atoms with van der Waals surface area (Å²) in [7, 11) is -3.50. The molecule has 0 unspecified atom stereocenters. The fourth-order valence-corrected chi connectivity index (χ4v) is 2.90. The quantitative estimate of drug-likeness (QED) is 0.839. The smallest absolute Gasteiger partial charge is 0.387 e. The highest BCUT2D eigenvalue weighted by molar-refractivity contribution is 7.92. The van der Waals surface area contributed by atoms with Gasteiger partial charge in [-0.05, 0) is 45.0 Å². The Labute approximate surface area is 145 Å². The van der Waals surface area contributed by atoms with Gasteiger partial charge in [0, 0.05) is 0 Å². The third-order valence-corrected chi connectivity index (χ3v) is 5.72. The average Bonchev–Trinajstić information content (AvgIpc) is 2.53. The molecule has 0 aliphatic carbocycles. The van der Waals surface area contributed by atoms with Gasteiger partial charge in [0.05, 0.1) is 35.1 Å². The third-order valence-electron chi connectivity index (χ3n) is 3.31. The van der Waals surface area contributed by atoms with E-state index in [4.69, 9.17) is 0 Å². The summed E-state index contributed by atoms with van der Waals surface area (Å²) >= 11 is 0. The van der Waals surface area contributed by atoms with Crippen molar-refractivity contribution in [3.63, 3.8) is 0 Å². The van der Waals surface area contributed by atoms with Crippen molar-refractivity contribution in [2.75, 3.05) is 5.32 Å². The van der Waals surface area contributed by atoms with E-state index in [0.717, 1.165) is 0 Å². The molecule has 9 heteroatoms. The Morgan fingerprint density at radius 2 is 1.84 bits per heavy atom. The van der Waals surface area contributed by atoms with Gasteiger partial charge in [-0.2, -0.15) is 8.78 Å². The van der Waals surface area contributed by atoms with Crippen LogP contribution < -0.4 is 10.1 Å². The first-order chi connectivity index (χ1) is 11.6. The van der Waals surface area contributed by atoms with Gasteiger partial charge >= 0.3 is 6.61 Å². The number of hydrogen-bond acceptors (Lipinski definition) is 6. The third kappa shape index (κ3) is 4.85. The molecule has 0 aromatic carbocycles. The summed E-state index contributed by atoms with van der Waals surface area (Å²) in [5.41, 5.74) is 1.22. The SMILES string of the molecule is CC(C)(C)S(=O)(=O)c1ccc(NCc2ccc(OC(F)F)cn2)cn1. The highest BCUT2D eigenvalue weighted by Crippen LogP contribution is 2.24. The number of nitrogens with zero attached hydrogens (tertiary/aromatic N) is 2. The minimum Gasteiger partial charge on any atom is -0.433 e. The molecule has 0 radical (unpaired) electrons. The predicted molar refractivity (Wildman–Crippen MR) is 89.4 cm³/mol. The molecule has 0 bridgehead atoms. The van der Waals surface area contributed by atoms with E-state index in [2.05, 4.69) is 20.0 Å². The minimum absolute atomic E-state index is 0.0113. The lowest BCUT2D eigenvalue weighted by Gasteiger charge is -2.18. The molecule has 0 aliphatic rings. The summed E-state index contributed by atoms with van der Waals surface area (Å²) in [6, 6.07) is 6.00. The number of ether oxygens (including phenoxy) is 1. The standard InChI is InChI=1S/C16H19F2N3O3S/c1-16(2,3)25(22,23)14-7-5-12(9-21-14)19-8-11-4-6-13(10-20-11)24-15(17)18/h4-7,9-10,15,19H,8H2,1-3H3. The van der Waals surface area contributed by atoms with Crippen molar-refractivity contribution in [3.05, 3.63) is 42.4 Å². The van der Waals surface area contributed by atoms with E-state index in [1.54, 1.807) is 32.9 Å². The van der Waals surface area contributed by atoms with Crippen LogP contribution in [0, 0.1) is 0 Å². The fraction of sp³-hybridized carbons (Fsp3) is 0.375. The van der Waals surface area contributed by atoms with Gasteiger partial charge in [0.25, 0.3) is 0 Å². The minimum atomic E-state index is -3.50. The number of halogens is 2. The summed E-state index contributed by atoms with van der Waals surface area (Å²) in [6.45, 7) is 2.28. The molecule has 0 spiro atoms. The van der Waals surface area contributed by atoms with Gasteiger partial charge in [0.1, 0.15) is 5.75 Å². The van der Waals surface area contributed by atoms with Crippen LogP contribution in [0.25, 0.3) is 0 Å². The molecular weight excluding hydrogens is 352 g/mol. The Morgan fingerprint density at radius 3 is 2.32 bits per heavy atom. The molecule has 2 heterocycles. The molecule has 0 fully saturated rings. The Morgan fingerprint density at radius 1 is 1.12 bits per heavy atom. The molecule has 0 aliphatic heterocycles. The lowest BCUT2D eigenvalue weighted by atomic mass is 10.3. The lowest BCUT2D eigenvalue weighted by Crippen LogP contribution is -2.28. The highest BCUT2D eigenvalue weighted by Gasteiger charge is 2.31.